The number of anilines is 1. The molecule has 1 aromatic heterocycles. The molecule has 2 atom stereocenters. The number of piperazine rings is 1. The molecule has 4 aromatic carbocycles. The second-order valence-electron chi connectivity index (χ2n) is 14.2. The maximum atomic E-state index is 16.4. The van der Waals surface area contributed by atoms with Crippen LogP contribution in [0.25, 0.3) is 27.4 Å². The number of carbonyl (C=O) groups is 2. The van der Waals surface area contributed by atoms with Crippen molar-refractivity contribution in [1.29, 1.82) is 0 Å². The molecule has 0 saturated carbocycles. The predicted octanol–water partition coefficient (Wildman–Crippen LogP) is 6.28. The summed E-state index contributed by atoms with van der Waals surface area (Å²) in [6, 6.07) is 22.4. The fourth-order valence-corrected chi connectivity index (χ4v) is 7.31. The Morgan fingerprint density at radius 1 is 0.980 bits per heavy atom. The fourth-order valence-electron chi connectivity index (χ4n) is 7.31. The Kier molecular flexibility index (Phi) is 7.75. The molecule has 2 amide bonds. The van der Waals surface area contributed by atoms with Crippen LogP contribution >= 0.6 is 0 Å². The minimum absolute atomic E-state index is 0.0342. The molecule has 0 radical (unpaired) electrons. The van der Waals surface area contributed by atoms with Crippen molar-refractivity contribution in [3.8, 4) is 17.2 Å². The summed E-state index contributed by atoms with van der Waals surface area (Å²) in [5.74, 6) is -0.378. The van der Waals surface area contributed by atoms with Crippen molar-refractivity contribution in [3.63, 3.8) is 0 Å². The van der Waals surface area contributed by atoms with Crippen LogP contribution in [0.2, 0.25) is 0 Å². The number of pyridine rings is 1. The second kappa shape index (κ2) is 12.2. The van der Waals surface area contributed by atoms with Gasteiger partial charge in [-0.25, -0.2) is 9.18 Å². The number of aromatic nitrogens is 1. The molecule has 2 unspecified atom stereocenters. The third kappa shape index (κ3) is 5.71. The zero-order chi connectivity index (χ0) is 34.7. The van der Waals surface area contributed by atoms with Gasteiger partial charge >= 0.3 is 6.09 Å². The minimum atomic E-state index is -0.652. The van der Waals surface area contributed by atoms with Crippen LogP contribution < -0.4 is 25.7 Å². The van der Waals surface area contributed by atoms with E-state index in [0.717, 1.165) is 16.3 Å². The van der Waals surface area contributed by atoms with E-state index in [0.29, 0.717) is 56.1 Å². The van der Waals surface area contributed by atoms with Crippen molar-refractivity contribution in [2.45, 2.75) is 44.9 Å². The molecule has 4 heterocycles. The highest BCUT2D eigenvalue weighted by Crippen LogP contribution is 2.48. The molecule has 0 aliphatic carbocycles. The predicted molar refractivity (Wildman–Crippen MR) is 190 cm³/mol. The number of alkyl carbamates (subject to hydrolysis) is 1. The number of nitrogens with zero attached hydrogens (tertiary/aromatic N) is 3. The van der Waals surface area contributed by atoms with E-state index in [1.165, 1.54) is 6.07 Å². The molecule has 2 saturated heterocycles. The van der Waals surface area contributed by atoms with Crippen LogP contribution in [-0.2, 0) is 4.74 Å². The first-order valence-corrected chi connectivity index (χ1v) is 17.0. The summed E-state index contributed by atoms with van der Waals surface area (Å²) in [5, 5.41) is 8.30. The summed E-state index contributed by atoms with van der Waals surface area (Å²) < 4.78 is 30.2. The summed E-state index contributed by atoms with van der Waals surface area (Å²) in [5.41, 5.74) is 1.04. The lowest BCUT2D eigenvalue weighted by molar-refractivity contribution is 0.0508. The van der Waals surface area contributed by atoms with Gasteiger partial charge in [0.15, 0.2) is 17.3 Å². The van der Waals surface area contributed by atoms with E-state index in [2.05, 4.69) is 10.6 Å². The number of hydrogen-bond acceptors (Lipinski definition) is 7. The minimum Gasteiger partial charge on any atom is -0.451 e. The zero-order valence-electron chi connectivity index (χ0n) is 28.2. The number of rotatable bonds is 4. The van der Waals surface area contributed by atoms with Crippen LogP contribution in [0.3, 0.4) is 0 Å². The van der Waals surface area contributed by atoms with E-state index >= 15 is 4.39 Å². The molecule has 11 heteroatoms. The van der Waals surface area contributed by atoms with Gasteiger partial charge in [0, 0.05) is 45.0 Å². The standard InChI is InChI=1S/C39H38FN5O5/c1-39(2,3)50-38(48)42-26-13-15-43(20-26)34-29(40)19-27-33-36(34)49-32-18-25-12-8-7-11-24(25)17-31(32)45(33)21-28(35(27)46)37(47)44-16-14-41-30(22-44)23-9-5-4-6-10-23/h4-12,17-19,21,26,30,41H,13-16,20,22H2,1-3H3,(H,42,48). The van der Waals surface area contributed by atoms with Crippen LogP contribution in [-0.4, -0.2) is 65.8 Å². The maximum Gasteiger partial charge on any atom is 0.407 e. The van der Waals surface area contributed by atoms with E-state index in [1.54, 1.807) is 36.4 Å². The van der Waals surface area contributed by atoms with E-state index in [1.807, 2.05) is 71.6 Å². The summed E-state index contributed by atoms with van der Waals surface area (Å²) in [7, 11) is 0. The molecule has 8 rings (SSSR count). The third-order valence-corrected chi connectivity index (χ3v) is 9.59. The van der Waals surface area contributed by atoms with Crippen molar-refractivity contribution < 1.29 is 23.5 Å². The van der Waals surface area contributed by atoms with Crippen molar-refractivity contribution >= 4 is 39.4 Å². The fraction of sp³-hybridized carbons (Fsp3) is 0.308. The highest BCUT2D eigenvalue weighted by molar-refractivity contribution is 6.02. The highest BCUT2D eigenvalue weighted by atomic mass is 19.1. The number of benzene rings is 4. The van der Waals surface area contributed by atoms with Gasteiger partial charge in [-0.05, 0) is 61.7 Å². The molecule has 0 spiro atoms. The quantitative estimate of drug-likeness (QED) is 0.227. The van der Waals surface area contributed by atoms with Gasteiger partial charge in [0.2, 0.25) is 5.43 Å². The Morgan fingerprint density at radius 2 is 1.72 bits per heavy atom. The molecule has 5 aromatic rings. The molecule has 3 aliphatic rings. The van der Waals surface area contributed by atoms with E-state index in [9.17, 15) is 14.4 Å². The van der Waals surface area contributed by atoms with Gasteiger partial charge < -0.3 is 34.5 Å². The van der Waals surface area contributed by atoms with Crippen molar-refractivity contribution in [3.05, 3.63) is 106 Å². The Morgan fingerprint density at radius 3 is 2.48 bits per heavy atom. The van der Waals surface area contributed by atoms with E-state index < -0.39 is 28.8 Å². The number of carbonyl (C=O) groups excluding carboxylic acids is 2. The largest absolute Gasteiger partial charge is 0.451 e. The molecule has 10 nitrogen and oxygen atoms in total. The van der Waals surface area contributed by atoms with Gasteiger partial charge in [-0.2, -0.15) is 0 Å². The Balaban J connectivity index is 1.22. The normalized spacial score (nSPS) is 18.6. The Labute approximate surface area is 288 Å². The van der Waals surface area contributed by atoms with Gasteiger partial charge in [0.1, 0.15) is 22.4 Å². The SMILES string of the molecule is CC(C)(C)OC(=O)NC1CCN(c2c(F)cc3c(=O)c(C(=O)N4CCNC(c5ccccc5)C4)cn4c3c2Oc2cc3ccccc3cc2-4)C1. The Bertz CT molecular complexity index is 2230. The molecular formula is C39H38FN5O5. The number of amides is 2. The first-order chi connectivity index (χ1) is 24.0. The molecule has 50 heavy (non-hydrogen) atoms. The van der Waals surface area contributed by atoms with Gasteiger partial charge in [-0.3, -0.25) is 9.59 Å². The van der Waals surface area contributed by atoms with Crippen LogP contribution in [0, 0.1) is 5.82 Å². The Hall–Kier alpha value is -5.42. The molecule has 3 aliphatic heterocycles. The smallest absolute Gasteiger partial charge is 0.407 e. The van der Waals surface area contributed by atoms with Crippen LogP contribution in [0.4, 0.5) is 14.9 Å². The lowest BCUT2D eigenvalue weighted by Crippen LogP contribution is -2.49. The second-order valence-corrected chi connectivity index (χ2v) is 14.2. The maximum absolute atomic E-state index is 16.4. The molecule has 256 valence electrons. The first kappa shape index (κ1) is 31.8. The molecule has 0 bridgehead atoms. The molecule has 2 N–H and O–H groups in total. The first-order valence-electron chi connectivity index (χ1n) is 17.0. The monoisotopic (exact) mass is 675 g/mol. The average molecular weight is 676 g/mol. The summed E-state index contributed by atoms with van der Waals surface area (Å²) >= 11 is 0. The lowest BCUT2D eigenvalue weighted by Gasteiger charge is -2.34. The third-order valence-electron chi connectivity index (χ3n) is 9.59. The average Bonchev–Trinajstić information content (AvgIpc) is 3.55. The molecular weight excluding hydrogens is 637 g/mol. The van der Waals surface area contributed by atoms with E-state index in [-0.39, 0.29) is 34.5 Å². The van der Waals surface area contributed by atoms with Crippen LogP contribution in [0.5, 0.6) is 11.5 Å². The van der Waals surface area contributed by atoms with Crippen molar-refractivity contribution in [2.75, 3.05) is 37.6 Å². The number of ether oxygens (including phenoxy) is 2. The van der Waals surface area contributed by atoms with Crippen molar-refractivity contribution in [1.82, 2.24) is 20.1 Å². The lowest BCUT2D eigenvalue weighted by atomic mass is 10.0. The van der Waals surface area contributed by atoms with Crippen LogP contribution in [0.15, 0.2) is 83.8 Å². The number of fused-ring (bicyclic) bond motifs is 3. The van der Waals surface area contributed by atoms with Crippen LogP contribution in [0.1, 0.15) is 49.2 Å². The van der Waals surface area contributed by atoms with E-state index in [4.69, 9.17) is 9.47 Å². The number of nitrogens with one attached hydrogen (secondary N) is 2. The topological polar surface area (TPSA) is 105 Å². The van der Waals surface area contributed by atoms with Gasteiger partial charge in [-0.15, -0.1) is 0 Å². The number of halogens is 1. The summed E-state index contributed by atoms with van der Waals surface area (Å²) in [6.45, 7) is 7.52. The summed E-state index contributed by atoms with van der Waals surface area (Å²) in [4.78, 5) is 44.5. The van der Waals surface area contributed by atoms with Gasteiger partial charge in [0.05, 0.1) is 17.1 Å². The summed E-state index contributed by atoms with van der Waals surface area (Å²) in [6.07, 6.45) is 1.61. The van der Waals surface area contributed by atoms with Gasteiger partial charge in [-0.1, -0.05) is 54.6 Å². The highest BCUT2D eigenvalue weighted by Gasteiger charge is 2.35. The zero-order valence-corrected chi connectivity index (χ0v) is 28.2. The van der Waals surface area contributed by atoms with Gasteiger partial charge in [0.25, 0.3) is 5.91 Å². The number of hydrogen-bond donors (Lipinski definition) is 2. The van der Waals surface area contributed by atoms with Crippen molar-refractivity contribution in [2.24, 2.45) is 0 Å². The molecule has 2 fully saturated rings.